The number of hydrogen-bond acceptors (Lipinski definition) is 6. The standard InChI is InChI=1S/C26H24N2O6/c1-31-17-6-7-20-16(11-17)12-19(25(29)27-20)24-18-14-23(33-3)22(32-2)13-15(18)8-9-28(24)26(30)21-5-4-10-34-21/h4-7,10-14,24H,8-9H2,1-3H3,(H,27,29)/t24-/m1/s1. The average Bonchev–Trinajstić information content (AvgIpc) is 3.41. The second-order valence-electron chi connectivity index (χ2n) is 8.04. The van der Waals surface area contributed by atoms with Gasteiger partial charge in [0.15, 0.2) is 17.3 Å². The van der Waals surface area contributed by atoms with Gasteiger partial charge in [0.25, 0.3) is 11.5 Å². The van der Waals surface area contributed by atoms with Crippen molar-refractivity contribution in [2.75, 3.05) is 27.9 Å². The molecule has 1 atom stereocenters. The predicted molar refractivity (Wildman–Crippen MR) is 126 cm³/mol. The number of fused-ring (bicyclic) bond motifs is 2. The number of furan rings is 1. The minimum absolute atomic E-state index is 0.216. The van der Waals surface area contributed by atoms with E-state index in [1.165, 1.54) is 6.26 Å². The molecular weight excluding hydrogens is 436 g/mol. The van der Waals surface area contributed by atoms with Crippen molar-refractivity contribution < 1.29 is 23.4 Å². The Morgan fingerprint density at radius 3 is 2.50 bits per heavy atom. The highest BCUT2D eigenvalue weighted by Gasteiger charge is 2.36. The van der Waals surface area contributed by atoms with E-state index in [1.54, 1.807) is 50.5 Å². The maximum absolute atomic E-state index is 13.5. The smallest absolute Gasteiger partial charge is 0.290 e. The van der Waals surface area contributed by atoms with Gasteiger partial charge in [-0.05, 0) is 66.1 Å². The Morgan fingerprint density at radius 2 is 1.79 bits per heavy atom. The SMILES string of the molecule is COc1ccc2[nH]c(=O)c([C@H]3c4cc(OC)c(OC)cc4CCN3C(=O)c3ccco3)cc2c1. The van der Waals surface area contributed by atoms with Crippen molar-refractivity contribution in [1.29, 1.82) is 0 Å². The van der Waals surface area contributed by atoms with E-state index in [9.17, 15) is 9.59 Å². The monoisotopic (exact) mass is 460 g/mol. The third kappa shape index (κ3) is 3.57. The number of carbonyl (C=O) groups is 1. The van der Waals surface area contributed by atoms with Gasteiger partial charge in [-0.15, -0.1) is 0 Å². The van der Waals surface area contributed by atoms with E-state index < -0.39 is 6.04 Å². The Balaban J connectivity index is 1.74. The molecule has 0 saturated heterocycles. The Labute approximate surface area is 195 Å². The molecule has 4 aromatic rings. The zero-order valence-corrected chi connectivity index (χ0v) is 19.1. The summed E-state index contributed by atoms with van der Waals surface area (Å²) < 4.78 is 21.8. The van der Waals surface area contributed by atoms with E-state index >= 15 is 0 Å². The fourth-order valence-corrected chi connectivity index (χ4v) is 4.57. The third-order valence-corrected chi connectivity index (χ3v) is 6.24. The minimum Gasteiger partial charge on any atom is -0.497 e. The molecule has 174 valence electrons. The van der Waals surface area contributed by atoms with Crippen molar-refractivity contribution in [2.45, 2.75) is 12.5 Å². The molecule has 0 fully saturated rings. The Kier molecular flexibility index (Phi) is 5.49. The van der Waals surface area contributed by atoms with Crippen molar-refractivity contribution in [3.05, 3.63) is 87.6 Å². The zero-order valence-electron chi connectivity index (χ0n) is 19.1. The maximum atomic E-state index is 13.5. The van der Waals surface area contributed by atoms with Crippen LogP contribution in [-0.2, 0) is 6.42 Å². The summed E-state index contributed by atoms with van der Waals surface area (Å²) in [7, 11) is 4.73. The van der Waals surface area contributed by atoms with Crippen LogP contribution in [0.25, 0.3) is 10.9 Å². The lowest BCUT2D eigenvalue weighted by Crippen LogP contribution is -2.42. The van der Waals surface area contributed by atoms with Gasteiger partial charge in [-0.3, -0.25) is 9.59 Å². The number of methoxy groups -OCH3 is 3. The molecule has 8 nitrogen and oxygen atoms in total. The van der Waals surface area contributed by atoms with Gasteiger partial charge in [0.2, 0.25) is 0 Å². The molecule has 5 rings (SSSR count). The number of rotatable bonds is 5. The van der Waals surface area contributed by atoms with Gasteiger partial charge in [0.1, 0.15) is 5.75 Å². The first-order chi connectivity index (χ1) is 16.5. The van der Waals surface area contributed by atoms with Crippen LogP contribution in [-0.4, -0.2) is 43.7 Å². The number of aromatic amines is 1. The van der Waals surface area contributed by atoms with E-state index in [0.29, 0.717) is 41.3 Å². The van der Waals surface area contributed by atoms with Crippen LogP contribution >= 0.6 is 0 Å². The molecule has 34 heavy (non-hydrogen) atoms. The number of aromatic nitrogens is 1. The molecule has 2 aromatic carbocycles. The summed E-state index contributed by atoms with van der Waals surface area (Å²) in [6.07, 6.45) is 2.06. The fourth-order valence-electron chi connectivity index (χ4n) is 4.57. The van der Waals surface area contributed by atoms with Gasteiger partial charge in [-0.2, -0.15) is 0 Å². The first-order valence-corrected chi connectivity index (χ1v) is 10.8. The molecule has 1 N–H and O–H groups in total. The first kappa shape index (κ1) is 21.6. The van der Waals surface area contributed by atoms with Gasteiger partial charge < -0.3 is 28.5 Å². The van der Waals surface area contributed by atoms with Crippen molar-refractivity contribution in [2.24, 2.45) is 0 Å². The number of carbonyl (C=O) groups excluding carboxylic acids is 1. The van der Waals surface area contributed by atoms with E-state index in [-0.39, 0.29) is 17.2 Å². The van der Waals surface area contributed by atoms with E-state index in [2.05, 4.69) is 4.98 Å². The average molecular weight is 460 g/mol. The summed E-state index contributed by atoms with van der Waals surface area (Å²) in [6, 6.07) is 13.7. The summed E-state index contributed by atoms with van der Waals surface area (Å²) in [6.45, 7) is 0.405. The lowest BCUT2D eigenvalue weighted by molar-refractivity contribution is 0.0660. The van der Waals surface area contributed by atoms with Crippen LogP contribution in [0.4, 0.5) is 0 Å². The molecule has 0 spiro atoms. The van der Waals surface area contributed by atoms with Crippen molar-refractivity contribution in [3.63, 3.8) is 0 Å². The van der Waals surface area contributed by atoms with Crippen LogP contribution in [0, 0.1) is 0 Å². The molecule has 3 heterocycles. The first-order valence-electron chi connectivity index (χ1n) is 10.8. The van der Waals surface area contributed by atoms with Gasteiger partial charge in [-0.25, -0.2) is 0 Å². The quantitative estimate of drug-likeness (QED) is 0.485. The number of benzene rings is 2. The topological polar surface area (TPSA) is 94.0 Å². The molecule has 0 saturated carbocycles. The number of hydrogen-bond donors (Lipinski definition) is 1. The number of nitrogens with one attached hydrogen (secondary N) is 1. The predicted octanol–water partition coefficient (Wildman–Crippen LogP) is 3.93. The summed E-state index contributed by atoms with van der Waals surface area (Å²) in [4.78, 5) is 31.4. The molecule has 0 radical (unpaired) electrons. The third-order valence-electron chi connectivity index (χ3n) is 6.24. The fraction of sp³-hybridized carbons (Fsp3) is 0.231. The van der Waals surface area contributed by atoms with Gasteiger partial charge in [0, 0.05) is 23.0 Å². The summed E-state index contributed by atoms with van der Waals surface area (Å²) in [5, 5.41) is 0.798. The van der Waals surface area contributed by atoms with Crippen LogP contribution in [0.2, 0.25) is 0 Å². The summed E-state index contributed by atoms with van der Waals surface area (Å²) in [5.74, 6) is 1.72. The van der Waals surface area contributed by atoms with Crippen LogP contribution < -0.4 is 19.8 Å². The van der Waals surface area contributed by atoms with Crippen LogP contribution in [0.3, 0.4) is 0 Å². The molecule has 1 amide bonds. The van der Waals surface area contributed by atoms with E-state index in [0.717, 1.165) is 16.5 Å². The minimum atomic E-state index is -0.652. The number of amides is 1. The molecule has 0 aliphatic carbocycles. The molecule has 2 aromatic heterocycles. The van der Waals surface area contributed by atoms with Crippen molar-refractivity contribution in [1.82, 2.24) is 9.88 Å². The highest BCUT2D eigenvalue weighted by atomic mass is 16.5. The van der Waals surface area contributed by atoms with Gasteiger partial charge in [-0.1, -0.05) is 0 Å². The van der Waals surface area contributed by atoms with Crippen LogP contribution in [0.15, 0.2) is 64.0 Å². The molecule has 0 bridgehead atoms. The lowest BCUT2D eigenvalue weighted by atomic mass is 9.87. The van der Waals surface area contributed by atoms with Gasteiger partial charge in [0.05, 0.1) is 33.6 Å². The maximum Gasteiger partial charge on any atom is 0.290 e. The normalized spacial score (nSPS) is 15.1. The van der Waals surface area contributed by atoms with Crippen LogP contribution in [0.1, 0.15) is 33.3 Å². The lowest BCUT2D eigenvalue weighted by Gasteiger charge is -2.37. The Hall–Kier alpha value is -4.20. The Bertz CT molecular complexity index is 1420. The van der Waals surface area contributed by atoms with E-state index in [4.69, 9.17) is 18.6 Å². The molecule has 8 heteroatoms. The largest absolute Gasteiger partial charge is 0.497 e. The summed E-state index contributed by atoms with van der Waals surface area (Å²) in [5.41, 5.74) is 2.63. The highest BCUT2D eigenvalue weighted by Crippen LogP contribution is 2.41. The molecule has 1 aliphatic heterocycles. The zero-order chi connectivity index (χ0) is 23.8. The molecule has 1 aliphatic rings. The number of ether oxygens (including phenoxy) is 3. The molecular formula is C26H24N2O6. The van der Waals surface area contributed by atoms with Crippen LogP contribution in [0.5, 0.6) is 17.2 Å². The van der Waals surface area contributed by atoms with Gasteiger partial charge >= 0.3 is 0 Å². The highest BCUT2D eigenvalue weighted by molar-refractivity contribution is 5.92. The number of nitrogens with zero attached hydrogens (tertiary/aromatic N) is 1. The van der Waals surface area contributed by atoms with Crippen molar-refractivity contribution >= 4 is 16.8 Å². The second-order valence-corrected chi connectivity index (χ2v) is 8.04. The number of H-pyrrole nitrogens is 1. The van der Waals surface area contributed by atoms with Crippen molar-refractivity contribution in [3.8, 4) is 17.2 Å². The summed E-state index contributed by atoms with van der Waals surface area (Å²) >= 11 is 0. The number of pyridine rings is 1. The second kappa shape index (κ2) is 8.62. The Morgan fingerprint density at radius 1 is 1.00 bits per heavy atom. The van der Waals surface area contributed by atoms with E-state index in [1.807, 2.05) is 24.3 Å². The molecule has 0 unspecified atom stereocenters.